The summed E-state index contributed by atoms with van der Waals surface area (Å²) in [4.78, 5) is 0. The molecule has 0 aromatic heterocycles. The number of hydrogen-bond acceptors (Lipinski definition) is 4. The van der Waals surface area contributed by atoms with Crippen LogP contribution in [0.2, 0.25) is 0 Å². The van der Waals surface area contributed by atoms with Crippen LogP contribution < -0.4 is 0 Å². The Morgan fingerprint density at radius 1 is 0.917 bits per heavy atom. The molecule has 0 unspecified atom stereocenters. The fourth-order valence-electron chi connectivity index (χ4n) is 2.31. The molecule has 2 rings (SSSR count). The summed E-state index contributed by atoms with van der Waals surface area (Å²) in [5, 5.41) is 9.56. The lowest BCUT2D eigenvalue weighted by molar-refractivity contribution is 0.153. The summed E-state index contributed by atoms with van der Waals surface area (Å²) < 4.78 is 30.9. The first-order valence-corrected chi connectivity index (χ1v) is 9.34. The van der Waals surface area contributed by atoms with Crippen molar-refractivity contribution in [2.75, 3.05) is 6.61 Å². The molecule has 24 heavy (non-hydrogen) atoms. The highest BCUT2D eigenvalue weighted by Crippen LogP contribution is 2.37. The van der Waals surface area contributed by atoms with Crippen LogP contribution >= 0.6 is 0 Å². The van der Waals surface area contributed by atoms with E-state index in [0.717, 1.165) is 0 Å². The minimum Gasteiger partial charge on any atom is -0.387 e. The van der Waals surface area contributed by atoms with Crippen LogP contribution in [0.3, 0.4) is 0 Å². The molecule has 0 saturated carbocycles. The summed E-state index contributed by atoms with van der Waals surface area (Å²) in [6.07, 6.45) is -1.21. The molecular formula is C19H24O4S. The van der Waals surface area contributed by atoms with Gasteiger partial charge in [-0.1, -0.05) is 81.4 Å². The van der Waals surface area contributed by atoms with Gasteiger partial charge in [0.1, 0.15) is 11.4 Å². The lowest BCUT2D eigenvalue weighted by Gasteiger charge is -2.25. The smallest absolute Gasteiger partial charge is 0.277 e. The Labute approximate surface area is 144 Å². The van der Waals surface area contributed by atoms with Gasteiger partial charge >= 0.3 is 0 Å². The number of aliphatic hydroxyl groups excluding tert-OH is 1. The number of benzene rings is 2. The van der Waals surface area contributed by atoms with Crippen molar-refractivity contribution in [1.82, 2.24) is 0 Å². The first kappa shape index (κ1) is 18.6. The number of hydrogen-bond donors (Lipinski definition) is 1. The quantitative estimate of drug-likeness (QED) is 0.805. The van der Waals surface area contributed by atoms with Gasteiger partial charge < -0.3 is 5.11 Å². The molecular weight excluding hydrogens is 324 g/mol. The van der Waals surface area contributed by atoms with Crippen LogP contribution in [-0.2, 0) is 14.3 Å². The minimum atomic E-state index is -4.01. The maximum atomic E-state index is 12.8. The van der Waals surface area contributed by atoms with Crippen molar-refractivity contribution in [3.05, 3.63) is 71.8 Å². The van der Waals surface area contributed by atoms with Gasteiger partial charge in [0.05, 0.1) is 6.61 Å². The topological polar surface area (TPSA) is 63.6 Å². The second-order valence-corrected chi connectivity index (χ2v) is 8.73. The van der Waals surface area contributed by atoms with Gasteiger partial charge in [0.2, 0.25) is 0 Å². The molecule has 0 bridgehead atoms. The molecule has 0 aliphatic rings. The van der Waals surface area contributed by atoms with Crippen LogP contribution in [-0.4, -0.2) is 20.1 Å². The first-order chi connectivity index (χ1) is 11.2. The summed E-state index contributed by atoms with van der Waals surface area (Å²) in [6, 6.07) is 17.4. The molecule has 0 aliphatic heterocycles. The molecule has 0 heterocycles. The highest BCUT2D eigenvalue weighted by Gasteiger charge is 2.36. The molecule has 4 nitrogen and oxygen atoms in total. The average molecular weight is 348 g/mol. The molecule has 1 N–H and O–H groups in total. The van der Waals surface area contributed by atoms with Crippen molar-refractivity contribution in [1.29, 1.82) is 0 Å². The Balaban J connectivity index is 2.40. The van der Waals surface area contributed by atoms with E-state index < -0.39 is 21.5 Å². The number of aliphatic hydroxyl groups is 1. The fraction of sp³-hybridized carbons (Fsp3) is 0.368. The van der Waals surface area contributed by atoms with Crippen LogP contribution in [0.15, 0.2) is 60.7 Å². The Hall–Kier alpha value is -1.69. The van der Waals surface area contributed by atoms with E-state index in [0.29, 0.717) is 11.1 Å². The average Bonchev–Trinajstić information content (AvgIpc) is 2.54. The van der Waals surface area contributed by atoms with Crippen molar-refractivity contribution < 1.29 is 17.7 Å². The van der Waals surface area contributed by atoms with Crippen molar-refractivity contribution >= 4 is 10.1 Å². The van der Waals surface area contributed by atoms with Gasteiger partial charge in [-0.15, -0.1) is 0 Å². The first-order valence-electron chi connectivity index (χ1n) is 7.87. The van der Waals surface area contributed by atoms with Gasteiger partial charge in [-0.2, -0.15) is 8.42 Å². The molecule has 0 radical (unpaired) electrons. The van der Waals surface area contributed by atoms with E-state index in [1.165, 1.54) is 0 Å². The van der Waals surface area contributed by atoms with Crippen LogP contribution in [0.4, 0.5) is 0 Å². The van der Waals surface area contributed by atoms with E-state index in [1.807, 2.05) is 26.8 Å². The summed E-state index contributed by atoms with van der Waals surface area (Å²) in [5.74, 6) is 0. The predicted molar refractivity (Wildman–Crippen MR) is 94.9 cm³/mol. The second kappa shape index (κ2) is 7.47. The summed E-state index contributed by atoms with van der Waals surface area (Å²) >= 11 is 0. The zero-order valence-electron chi connectivity index (χ0n) is 14.2. The SMILES string of the molecule is CC(C)(C)COS(=O)(=O)[C@@H](c1ccccc1)[C@@H](O)c1ccccc1. The Bertz CT molecular complexity index is 734. The van der Waals surface area contributed by atoms with Crippen molar-refractivity contribution in [2.45, 2.75) is 32.1 Å². The van der Waals surface area contributed by atoms with Gasteiger partial charge in [0, 0.05) is 0 Å². The van der Waals surface area contributed by atoms with E-state index >= 15 is 0 Å². The highest BCUT2D eigenvalue weighted by atomic mass is 32.2. The lowest BCUT2D eigenvalue weighted by atomic mass is 9.99. The van der Waals surface area contributed by atoms with E-state index in [2.05, 4.69) is 0 Å². The van der Waals surface area contributed by atoms with E-state index in [1.54, 1.807) is 54.6 Å². The van der Waals surface area contributed by atoms with Gasteiger partial charge in [0.15, 0.2) is 0 Å². The molecule has 0 saturated heterocycles. The van der Waals surface area contributed by atoms with Crippen LogP contribution in [0.1, 0.15) is 43.3 Å². The van der Waals surface area contributed by atoms with Crippen LogP contribution in [0.5, 0.6) is 0 Å². The van der Waals surface area contributed by atoms with Crippen LogP contribution in [0, 0.1) is 5.41 Å². The normalized spacial score (nSPS) is 15.0. The standard InChI is InChI=1S/C19H24O4S/c1-19(2,3)14-23-24(21,22)18(16-12-8-5-9-13-16)17(20)15-10-6-4-7-11-15/h4-13,17-18,20H,14H2,1-3H3/t17-,18-/m0/s1. The molecule has 130 valence electrons. The van der Waals surface area contributed by atoms with Crippen molar-refractivity contribution in [3.8, 4) is 0 Å². The minimum absolute atomic E-state index is 0.0557. The Morgan fingerprint density at radius 2 is 1.38 bits per heavy atom. The van der Waals surface area contributed by atoms with Gasteiger partial charge in [-0.3, -0.25) is 4.18 Å². The molecule has 2 aromatic rings. The predicted octanol–water partition coefficient (Wildman–Crippen LogP) is 3.85. The molecule has 0 amide bonds. The van der Waals surface area contributed by atoms with E-state index in [4.69, 9.17) is 4.18 Å². The largest absolute Gasteiger partial charge is 0.387 e. The van der Waals surface area contributed by atoms with E-state index in [9.17, 15) is 13.5 Å². The molecule has 5 heteroatoms. The fourth-order valence-corrected chi connectivity index (χ4v) is 3.93. The van der Waals surface area contributed by atoms with Crippen molar-refractivity contribution in [3.63, 3.8) is 0 Å². The third-order valence-electron chi connectivity index (χ3n) is 3.52. The van der Waals surface area contributed by atoms with E-state index in [-0.39, 0.29) is 12.0 Å². The van der Waals surface area contributed by atoms with Gasteiger partial charge in [-0.25, -0.2) is 0 Å². The Morgan fingerprint density at radius 3 is 1.83 bits per heavy atom. The molecule has 0 spiro atoms. The summed E-state index contributed by atoms with van der Waals surface area (Å²) in [7, 11) is -4.01. The van der Waals surface area contributed by atoms with Gasteiger partial charge in [0.25, 0.3) is 10.1 Å². The third kappa shape index (κ3) is 4.90. The zero-order chi connectivity index (χ0) is 17.8. The molecule has 0 aliphatic carbocycles. The zero-order valence-corrected chi connectivity index (χ0v) is 15.0. The third-order valence-corrected chi connectivity index (χ3v) is 5.12. The maximum Gasteiger partial charge on any atom is 0.277 e. The Kier molecular flexibility index (Phi) is 5.80. The molecule has 2 atom stereocenters. The molecule has 0 fully saturated rings. The van der Waals surface area contributed by atoms with Gasteiger partial charge in [-0.05, 0) is 16.5 Å². The van der Waals surface area contributed by atoms with Crippen LogP contribution in [0.25, 0.3) is 0 Å². The molecule has 2 aromatic carbocycles. The monoisotopic (exact) mass is 348 g/mol. The lowest BCUT2D eigenvalue weighted by Crippen LogP contribution is -2.26. The number of rotatable bonds is 6. The summed E-state index contributed by atoms with van der Waals surface area (Å²) in [6.45, 7) is 5.75. The maximum absolute atomic E-state index is 12.8. The highest BCUT2D eigenvalue weighted by molar-refractivity contribution is 7.87. The van der Waals surface area contributed by atoms with Crippen molar-refractivity contribution in [2.24, 2.45) is 5.41 Å². The summed E-state index contributed by atoms with van der Waals surface area (Å²) in [5.41, 5.74) is 0.739. The second-order valence-electron chi connectivity index (χ2n) is 7.00.